The molecule has 1 aliphatic carbocycles. The Morgan fingerprint density at radius 2 is 2.00 bits per heavy atom. The molecule has 2 heteroatoms. The number of nitrogens with one attached hydrogen (secondary N) is 1. The van der Waals surface area contributed by atoms with E-state index in [0.717, 1.165) is 19.3 Å². The normalized spacial score (nSPS) is 22.7. The van der Waals surface area contributed by atoms with Gasteiger partial charge in [0.2, 0.25) is 5.91 Å². The van der Waals surface area contributed by atoms with Crippen LogP contribution < -0.4 is 5.32 Å². The van der Waals surface area contributed by atoms with Crippen LogP contribution >= 0.6 is 0 Å². The van der Waals surface area contributed by atoms with E-state index in [-0.39, 0.29) is 11.3 Å². The van der Waals surface area contributed by atoms with Gasteiger partial charge < -0.3 is 5.32 Å². The number of carbonyl (C=O) groups excluding carboxylic acids is 1. The van der Waals surface area contributed by atoms with Gasteiger partial charge in [-0.05, 0) is 26.2 Å². The Hall–Kier alpha value is -0.530. The number of rotatable bonds is 3. The van der Waals surface area contributed by atoms with E-state index in [1.165, 1.54) is 12.8 Å². The Morgan fingerprint density at radius 3 is 2.46 bits per heavy atom. The van der Waals surface area contributed by atoms with Gasteiger partial charge in [0.05, 0.1) is 0 Å². The monoisotopic (exact) mass is 183 g/mol. The second-order valence-corrected chi connectivity index (χ2v) is 4.55. The topological polar surface area (TPSA) is 29.1 Å². The van der Waals surface area contributed by atoms with Crippen molar-refractivity contribution in [3.8, 4) is 0 Å². The van der Waals surface area contributed by atoms with Gasteiger partial charge in [0.1, 0.15) is 0 Å². The van der Waals surface area contributed by atoms with Crippen LogP contribution in [-0.2, 0) is 4.79 Å². The minimum Gasteiger partial charge on any atom is -0.353 e. The first-order valence-corrected chi connectivity index (χ1v) is 5.39. The van der Waals surface area contributed by atoms with Crippen LogP contribution in [0.4, 0.5) is 0 Å². The summed E-state index contributed by atoms with van der Waals surface area (Å²) in [5, 5.41) is 3.07. The smallest absolute Gasteiger partial charge is 0.226 e. The summed E-state index contributed by atoms with van der Waals surface area (Å²) < 4.78 is 0. The Balaban J connectivity index is 2.46. The molecular formula is C11H21NO. The minimum atomic E-state index is -0.0660. The summed E-state index contributed by atoms with van der Waals surface area (Å²) in [5.74, 6) is 0.263. The van der Waals surface area contributed by atoms with Crippen LogP contribution in [0.2, 0.25) is 0 Å². The Kier molecular flexibility index (Phi) is 3.34. The molecule has 1 atom stereocenters. The van der Waals surface area contributed by atoms with Crippen molar-refractivity contribution in [1.29, 1.82) is 0 Å². The van der Waals surface area contributed by atoms with E-state index in [9.17, 15) is 4.79 Å². The zero-order valence-electron chi connectivity index (χ0n) is 9.02. The van der Waals surface area contributed by atoms with Gasteiger partial charge in [0.25, 0.3) is 0 Å². The molecular weight excluding hydrogens is 162 g/mol. The molecule has 0 bridgehead atoms. The lowest BCUT2D eigenvalue weighted by molar-refractivity contribution is -0.130. The van der Waals surface area contributed by atoms with Gasteiger partial charge in [-0.3, -0.25) is 4.79 Å². The highest BCUT2D eigenvalue weighted by molar-refractivity contribution is 5.82. The molecule has 1 fully saturated rings. The number of carbonyl (C=O) groups is 1. The zero-order valence-corrected chi connectivity index (χ0v) is 9.02. The van der Waals surface area contributed by atoms with E-state index in [1.54, 1.807) is 0 Å². The predicted molar refractivity (Wildman–Crippen MR) is 54.5 cm³/mol. The fourth-order valence-electron chi connectivity index (χ4n) is 1.88. The van der Waals surface area contributed by atoms with E-state index in [2.05, 4.69) is 26.1 Å². The summed E-state index contributed by atoms with van der Waals surface area (Å²) in [7, 11) is 0. The highest BCUT2D eigenvalue weighted by Crippen LogP contribution is 2.37. The molecule has 0 aromatic carbocycles. The third-order valence-electron chi connectivity index (χ3n) is 3.25. The zero-order chi connectivity index (χ0) is 9.90. The molecule has 1 saturated carbocycles. The maximum absolute atomic E-state index is 11.8. The number of hydrogen-bond donors (Lipinski definition) is 1. The van der Waals surface area contributed by atoms with Crippen LogP contribution in [0.5, 0.6) is 0 Å². The molecule has 0 heterocycles. The van der Waals surface area contributed by atoms with Gasteiger partial charge in [-0.25, -0.2) is 0 Å². The molecule has 0 aliphatic heterocycles. The summed E-state index contributed by atoms with van der Waals surface area (Å²) in [6.07, 6.45) is 5.57. The van der Waals surface area contributed by atoms with Crippen molar-refractivity contribution >= 4 is 5.91 Å². The van der Waals surface area contributed by atoms with E-state index < -0.39 is 0 Å². The molecule has 1 amide bonds. The predicted octanol–water partition coefficient (Wildman–Crippen LogP) is 2.48. The van der Waals surface area contributed by atoms with E-state index in [4.69, 9.17) is 0 Å². The molecule has 13 heavy (non-hydrogen) atoms. The van der Waals surface area contributed by atoms with Crippen LogP contribution in [0, 0.1) is 5.41 Å². The first kappa shape index (κ1) is 10.6. The van der Waals surface area contributed by atoms with Crippen LogP contribution in [0.3, 0.4) is 0 Å². The van der Waals surface area contributed by atoms with Gasteiger partial charge in [-0.2, -0.15) is 0 Å². The van der Waals surface area contributed by atoms with Gasteiger partial charge in [-0.15, -0.1) is 0 Å². The first-order chi connectivity index (χ1) is 6.08. The van der Waals surface area contributed by atoms with Crippen molar-refractivity contribution in [2.24, 2.45) is 5.41 Å². The van der Waals surface area contributed by atoms with Gasteiger partial charge in [0.15, 0.2) is 0 Å². The van der Waals surface area contributed by atoms with Crippen molar-refractivity contribution in [2.75, 3.05) is 0 Å². The lowest BCUT2D eigenvalue weighted by Crippen LogP contribution is -2.41. The van der Waals surface area contributed by atoms with Crippen LogP contribution in [0.1, 0.15) is 52.9 Å². The minimum absolute atomic E-state index is 0.0660. The Bertz CT molecular complexity index is 183. The van der Waals surface area contributed by atoms with Gasteiger partial charge >= 0.3 is 0 Å². The van der Waals surface area contributed by atoms with Crippen LogP contribution in [0.15, 0.2) is 0 Å². The number of hydrogen-bond acceptors (Lipinski definition) is 1. The standard InChI is InChI=1S/C11H21NO/c1-4-9(2)12-10(13)11(3)7-5-6-8-11/h9H,4-8H2,1-3H3,(H,12,13). The second kappa shape index (κ2) is 4.12. The average molecular weight is 183 g/mol. The quantitative estimate of drug-likeness (QED) is 0.715. The molecule has 1 unspecified atom stereocenters. The van der Waals surface area contributed by atoms with Crippen molar-refractivity contribution < 1.29 is 4.79 Å². The third kappa shape index (κ3) is 2.45. The summed E-state index contributed by atoms with van der Waals surface area (Å²) in [6, 6.07) is 0.324. The molecule has 0 spiro atoms. The highest BCUT2D eigenvalue weighted by Gasteiger charge is 2.36. The Morgan fingerprint density at radius 1 is 1.46 bits per heavy atom. The number of amides is 1. The highest BCUT2D eigenvalue weighted by atomic mass is 16.2. The van der Waals surface area contributed by atoms with E-state index in [0.29, 0.717) is 6.04 Å². The largest absolute Gasteiger partial charge is 0.353 e. The molecule has 1 N–H and O–H groups in total. The molecule has 0 aromatic heterocycles. The lowest BCUT2D eigenvalue weighted by Gasteiger charge is -2.24. The molecule has 2 nitrogen and oxygen atoms in total. The molecule has 1 rings (SSSR count). The van der Waals surface area contributed by atoms with Crippen LogP contribution in [0.25, 0.3) is 0 Å². The molecule has 1 aliphatic rings. The van der Waals surface area contributed by atoms with E-state index >= 15 is 0 Å². The second-order valence-electron chi connectivity index (χ2n) is 4.55. The molecule has 76 valence electrons. The average Bonchev–Trinajstić information content (AvgIpc) is 2.53. The fourth-order valence-corrected chi connectivity index (χ4v) is 1.88. The maximum Gasteiger partial charge on any atom is 0.226 e. The van der Waals surface area contributed by atoms with Crippen molar-refractivity contribution in [3.05, 3.63) is 0 Å². The lowest BCUT2D eigenvalue weighted by atomic mass is 9.87. The third-order valence-corrected chi connectivity index (χ3v) is 3.25. The SMILES string of the molecule is CCC(C)NC(=O)C1(C)CCCC1. The fraction of sp³-hybridized carbons (Fsp3) is 0.909. The maximum atomic E-state index is 11.8. The van der Waals surface area contributed by atoms with Gasteiger partial charge in [0, 0.05) is 11.5 Å². The molecule has 0 aromatic rings. The molecule has 0 radical (unpaired) electrons. The first-order valence-electron chi connectivity index (χ1n) is 5.39. The summed E-state index contributed by atoms with van der Waals surface area (Å²) in [4.78, 5) is 11.8. The van der Waals surface area contributed by atoms with Crippen molar-refractivity contribution in [2.45, 2.75) is 58.9 Å². The summed E-state index contributed by atoms with van der Waals surface area (Å²) in [5.41, 5.74) is -0.0660. The van der Waals surface area contributed by atoms with Gasteiger partial charge in [-0.1, -0.05) is 26.7 Å². The molecule has 0 saturated heterocycles. The van der Waals surface area contributed by atoms with Crippen molar-refractivity contribution in [1.82, 2.24) is 5.32 Å². The summed E-state index contributed by atoms with van der Waals surface area (Å²) in [6.45, 7) is 6.26. The summed E-state index contributed by atoms with van der Waals surface area (Å²) >= 11 is 0. The van der Waals surface area contributed by atoms with E-state index in [1.807, 2.05) is 0 Å². The van der Waals surface area contributed by atoms with Crippen LogP contribution in [-0.4, -0.2) is 11.9 Å². The van der Waals surface area contributed by atoms with Crippen molar-refractivity contribution in [3.63, 3.8) is 0 Å². The Labute approximate surface area is 81.1 Å².